The number of ether oxygens (including phenoxy) is 1. The van der Waals surface area contributed by atoms with Crippen LogP contribution in [-0.4, -0.2) is 11.6 Å². The molecule has 0 unspecified atom stereocenters. The van der Waals surface area contributed by atoms with Gasteiger partial charge in [-0.3, -0.25) is 0 Å². The van der Waals surface area contributed by atoms with Crippen LogP contribution in [0.5, 0.6) is 5.75 Å². The van der Waals surface area contributed by atoms with Gasteiger partial charge in [0.1, 0.15) is 0 Å². The first-order valence-electron chi connectivity index (χ1n) is 6.58. The summed E-state index contributed by atoms with van der Waals surface area (Å²) in [5.41, 5.74) is 0.355. The third-order valence-corrected chi connectivity index (χ3v) is 4.27. The van der Waals surface area contributed by atoms with Crippen LogP contribution >= 0.6 is 22.9 Å². The smallest absolute Gasteiger partial charge is 0.190 e. The van der Waals surface area contributed by atoms with Crippen molar-refractivity contribution >= 4 is 28.6 Å². The van der Waals surface area contributed by atoms with E-state index in [0.717, 1.165) is 17.7 Å². The Labute approximate surface area is 129 Å². The number of benzene rings is 1. The molecular formula is C14H13ClF2N2OS. The summed E-state index contributed by atoms with van der Waals surface area (Å²) in [4.78, 5) is 4.78. The quantitative estimate of drug-likeness (QED) is 0.848. The molecule has 3 nitrogen and oxygen atoms in total. The second-order valence-electron chi connectivity index (χ2n) is 4.96. The monoisotopic (exact) mass is 330 g/mol. The molecule has 7 heteroatoms. The summed E-state index contributed by atoms with van der Waals surface area (Å²) >= 11 is 7.04. The van der Waals surface area contributed by atoms with E-state index in [1.165, 1.54) is 23.5 Å². The molecule has 0 amide bonds. The summed E-state index contributed by atoms with van der Waals surface area (Å²) in [5.74, 6) is -1.24. The van der Waals surface area contributed by atoms with Crippen LogP contribution in [0.15, 0.2) is 18.3 Å². The zero-order valence-corrected chi connectivity index (χ0v) is 12.6. The number of thiazole rings is 1. The van der Waals surface area contributed by atoms with Crippen LogP contribution < -0.4 is 10.1 Å². The summed E-state index contributed by atoms with van der Waals surface area (Å²) in [6, 6.07) is 2.46. The number of hydrogen-bond donors (Lipinski definition) is 1. The van der Waals surface area contributed by atoms with E-state index >= 15 is 0 Å². The Balaban J connectivity index is 1.65. The van der Waals surface area contributed by atoms with Crippen molar-refractivity contribution in [2.75, 3.05) is 11.9 Å². The fourth-order valence-electron chi connectivity index (χ4n) is 1.84. The maximum Gasteiger partial charge on any atom is 0.190 e. The maximum absolute atomic E-state index is 13.9. The lowest BCUT2D eigenvalue weighted by atomic mass is 10.2. The predicted octanol–water partition coefficient (Wildman–Crippen LogP) is 4.48. The first kappa shape index (κ1) is 14.5. The molecule has 1 saturated carbocycles. The third kappa shape index (κ3) is 3.83. The molecule has 0 aliphatic heterocycles. The van der Waals surface area contributed by atoms with Gasteiger partial charge in [0, 0.05) is 28.9 Å². The maximum atomic E-state index is 13.9. The Morgan fingerprint density at radius 3 is 2.62 bits per heavy atom. The highest BCUT2D eigenvalue weighted by Crippen LogP contribution is 2.32. The Bertz CT molecular complexity index is 623. The fourth-order valence-corrected chi connectivity index (χ4v) is 2.76. The predicted molar refractivity (Wildman–Crippen MR) is 79.0 cm³/mol. The molecule has 0 saturated heterocycles. The Morgan fingerprint density at radius 2 is 2.05 bits per heavy atom. The Kier molecular flexibility index (Phi) is 4.26. The van der Waals surface area contributed by atoms with Gasteiger partial charge in [-0.25, -0.2) is 13.8 Å². The third-order valence-electron chi connectivity index (χ3n) is 3.15. The van der Waals surface area contributed by atoms with E-state index in [0.29, 0.717) is 29.2 Å². The largest absolute Gasteiger partial charge is 0.487 e. The zero-order chi connectivity index (χ0) is 14.8. The molecule has 1 aliphatic rings. The SMILES string of the molecule is Fc1cc(NCc2cnc(Cl)s2)cc(F)c1OCC1CC1. The van der Waals surface area contributed by atoms with Gasteiger partial charge in [0.25, 0.3) is 0 Å². The molecule has 1 N–H and O–H groups in total. The molecule has 1 heterocycles. The van der Waals surface area contributed by atoms with Gasteiger partial charge in [0.2, 0.25) is 0 Å². The molecule has 3 rings (SSSR count). The first-order chi connectivity index (χ1) is 10.1. The van der Waals surface area contributed by atoms with Crippen LogP contribution in [0.4, 0.5) is 14.5 Å². The van der Waals surface area contributed by atoms with E-state index in [9.17, 15) is 8.78 Å². The fraction of sp³-hybridized carbons (Fsp3) is 0.357. The lowest BCUT2D eigenvalue weighted by molar-refractivity contribution is 0.270. The van der Waals surface area contributed by atoms with Gasteiger partial charge in [0.05, 0.1) is 13.2 Å². The van der Waals surface area contributed by atoms with Crippen molar-refractivity contribution in [3.8, 4) is 5.75 Å². The lowest BCUT2D eigenvalue weighted by Gasteiger charge is -2.10. The van der Waals surface area contributed by atoms with Crippen LogP contribution in [0, 0.1) is 17.6 Å². The number of anilines is 1. The van der Waals surface area contributed by atoms with E-state index < -0.39 is 11.6 Å². The summed E-state index contributed by atoms with van der Waals surface area (Å²) in [7, 11) is 0. The summed E-state index contributed by atoms with van der Waals surface area (Å²) < 4.78 is 33.4. The van der Waals surface area contributed by atoms with Crippen molar-refractivity contribution in [1.29, 1.82) is 0 Å². The molecule has 21 heavy (non-hydrogen) atoms. The molecule has 112 valence electrons. The number of rotatable bonds is 6. The lowest BCUT2D eigenvalue weighted by Crippen LogP contribution is -2.05. The minimum Gasteiger partial charge on any atom is -0.487 e. The van der Waals surface area contributed by atoms with Gasteiger partial charge in [-0.15, -0.1) is 11.3 Å². The highest BCUT2D eigenvalue weighted by Gasteiger charge is 2.23. The number of aromatic nitrogens is 1. The number of hydrogen-bond acceptors (Lipinski definition) is 4. The summed E-state index contributed by atoms with van der Waals surface area (Å²) in [5, 5.41) is 2.94. The van der Waals surface area contributed by atoms with E-state index in [4.69, 9.17) is 16.3 Å². The van der Waals surface area contributed by atoms with Crippen molar-refractivity contribution in [1.82, 2.24) is 4.98 Å². The minimum absolute atomic E-state index is 0.298. The standard InChI is InChI=1S/C14H13ClF2N2OS/c15-14-19-6-10(21-14)5-18-9-3-11(16)13(12(17)4-9)20-7-8-1-2-8/h3-4,6,8,18H,1-2,5,7H2. The van der Waals surface area contributed by atoms with Crippen molar-refractivity contribution in [3.63, 3.8) is 0 Å². The molecular weight excluding hydrogens is 318 g/mol. The van der Waals surface area contributed by atoms with E-state index in [-0.39, 0.29) is 5.75 Å². The van der Waals surface area contributed by atoms with Crippen molar-refractivity contribution < 1.29 is 13.5 Å². The molecule has 0 radical (unpaired) electrons. The summed E-state index contributed by atoms with van der Waals surface area (Å²) in [6.45, 7) is 0.783. The van der Waals surface area contributed by atoms with Crippen LogP contribution in [0.1, 0.15) is 17.7 Å². The second-order valence-corrected chi connectivity index (χ2v) is 6.65. The Hall–Kier alpha value is -1.40. The van der Waals surface area contributed by atoms with Crippen molar-refractivity contribution in [2.24, 2.45) is 5.92 Å². The summed E-state index contributed by atoms with van der Waals surface area (Å²) in [6.07, 6.45) is 3.76. The van der Waals surface area contributed by atoms with Gasteiger partial charge in [-0.1, -0.05) is 11.6 Å². The van der Waals surface area contributed by atoms with Crippen LogP contribution in [-0.2, 0) is 6.54 Å². The van der Waals surface area contributed by atoms with E-state index in [2.05, 4.69) is 10.3 Å². The van der Waals surface area contributed by atoms with Crippen LogP contribution in [0.3, 0.4) is 0 Å². The van der Waals surface area contributed by atoms with Gasteiger partial charge in [0.15, 0.2) is 21.9 Å². The molecule has 1 aromatic heterocycles. The highest BCUT2D eigenvalue weighted by atomic mass is 35.5. The van der Waals surface area contributed by atoms with Crippen molar-refractivity contribution in [3.05, 3.63) is 39.3 Å². The minimum atomic E-state index is -0.694. The van der Waals surface area contributed by atoms with Crippen LogP contribution in [0.25, 0.3) is 0 Å². The number of nitrogens with one attached hydrogen (secondary N) is 1. The van der Waals surface area contributed by atoms with Gasteiger partial charge in [-0.05, 0) is 18.8 Å². The van der Waals surface area contributed by atoms with Gasteiger partial charge in [-0.2, -0.15) is 0 Å². The van der Waals surface area contributed by atoms with Crippen LogP contribution in [0.2, 0.25) is 4.47 Å². The molecule has 1 aromatic carbocycles. The topological polar surface area (TPSA) is 34.2 Å². The van der Waals surface area contributed by atoms with E-state index in [1.54, 1.807) is 6.20 Å². The van der Waals surface area contributed by atoms with E-state index in [1.807, 2.05) is 0 Å². The first-order valence-corrected chi connectivity index (χ1v) is 7.77. The highest BCUT2D eigenvalue weighted by molar-refractivity contribution is 7.15. The van der Waals surface area contributed by atoms with Gasteiger partial charge < -0.3 is 10.1 Å². The van der Waals surface area contributed by atoms with Gasteiger partial charge >= 0.3 is 0 Å². The molecule has 0 atom stereocenters. The number of nitrogens with zero attached hydrogens (tertiary/aromatic N) is 1. The molecule has 1 fully saturated rings. The number of halogens is 3. The molecule has 1 aliphatic carbocycles. The Morgan fingerprint density at radius 1 is 1.33 bits per heavy atom. The normalized spacial score (nSPS) is 14.2. The zero-order valence-electron chi connectivity index (χ0n) is 11.0. The average Bonchev–Trinajstić information content (AvgIpc) is 3.17. The van der Waals surface area contributed by atoms with Crippen molar-refractivity contribution in [2.45, 2.75) is 19.4 Å². The second kappa shape index (κ2) is 6.15. The molecule has 0 spiro atoms. The molecule has 2 aromatic rings. The molecule has 0 bridgehead atoms. The average molecular weight is 331 g/mol.